The highest BCUT2D eigenvalue weighted by Gasteiger charge is 2.39. The SMILES string of the molecule is O=C(CNC(=O)c1ccncc1)NN1C(=O)/C(=C/c2cccc([N+](=O)[O-])c2)SC1c1cccc([N+](=O)[O-])c1. The molecule has 2 N–H and O–H groups in total. The van der Waals surface area contributed by atoms with Gasteiger partial charge in [-0.2, -0.15) is 0 Å². The number of carbonyl (C=O) groups excluding carboxylic acids is 3. The molecule has 3 aromatic rings. The van der Waals surface area contributed by atoms with Crippen LogP contribution in [0.25, 0.3) is 6.08 Å². The van der Waals surface area contributed by atoms with Crippen LogP contribution in [0.5, 0.6) is 0 Å². The maximum absolute atomic E-state index is 13.3. The topological polar surface area (TPSA) is 178 Å². The number of pyridine rings is 1. The van der Waals surface area contributed by atoms with Crippen molar-refractivity contribution in [1.82, 2.24) is 20.7 Å². The fourth-order valence-corrected chi connectivity index (χ4v) is 4.66. The van der Waals surface area contributed by atoms with E-state index in [-0.39, 0.29) is 21.8 Å². The van der Waals surface area contributed by atoms with E-state index in [9.17, 15) is 34.6 Å². The maximum Gasteiger partial charge on any atom is 0.280 e. The molecule has 3 amide bonds. The standard InChI is InChI=1S/C24H18N6O7S/c31-21(14-26-22(32)16-7-9-25-10-8-16)27-28-23(33)20(12-15-3-1-5-18(11-15)29(34)35)38-24(28)17-4-2-6-19(13-17)30(36)37/h1-13,24H,14H2,(H,26,32)(H,27,31)/b20-12-. The number of rotatable bonds is 8. The number of hydrazine groups is 1. The number of hydrogen-bond donors (Lipinski definition) is 2. The minimum absolute atomic E-state index is 0.142. The van der Waals surface area contributed by atoms with Gasteiger partial charge in [0.1, 0.15) is 5.37 Å². The number of amides is 3. The molecule has 1 aliphatic heterocycles. The summed E-state index contributed by atoms with van der Waals surface area (Å²) >= 11 is 1.01. The summed E-state index contributed by atoms with van der Waals surface area (Å²) in [5.41, 5.74) is 3.12. The van der Waals surface area contributed by atoms with Crippen molar-refractivity contribution in [2.24, 2.45) is 0 Å². The Bertz CT molecular complexity index is 1460. The minimum atomic E-state index is -0.882. The van der Waals surface area contributed by atoms with E-state index < -0.39 is 39.5 Å². The molecule has 1 fully saturated rings. The number of nitro benzene ring substituents is 2. The van der Waals surface area contributed by atoms with Gasteiger partial charge in [-0.1, -0.05) is 36.0 Å². The zero-order valence-corrected chi connectivity index (χ0v) is 20.2. The number of benzene rings is 2. The quantitative estimate of drug-likeness (QED) is 0.250. The molecular weight excluding hydrogens is 516 g/mol. The monoisotopic (exact) mass is 534 g/mol. The predicted octanol–water partition coefficient (Wildman–Crippen LogP) is 2.97. The first-order valence-electron chi connectivity index (χ1n) is 10.9. The average Bonchev–Trinajstić information content (AvgIpc) is 3.22. The van der Waals surface area contributed by atoms with Gasteiger partial charge in [-0.05, 0) is 29.3 Å². The number of carbonyl (C=O) groups is 3. The van der Waals surface area contributed by atoms with E-state index in [2.05, 4.69) is 15.7 Å². The van der Waals surface area contributed by atoms with Gasteiger partial charge in [0.25, 0.3) is 29.1 Å². The summed E-state index contributed by atoms with van der Waals surface area (Å²) in [4.78, 5) is 63.4. The molecular formula is C24H18N6O7S. The molecule has 1 aromatic heterocycles. The summed E-state index contributed by atoms with van der Waals surface area (Å²) in [6.07, 6.45) is 4.28. The second kappa shape index (κ2) is 11.3. The smallest absolute Gasteiger partial charge is 0.280 e. The molecule has 4 rings (SSSR count). The number of thioether (sulfide) groups is 1. The van der Waals surface area contributed by atoms with Crippen molar-refractivity contribution in [1.29, 1.82) is 0 Å². The van der Waals surface area contributed by atoms with E-state index in [1.165, 1.54) is 67.0 Å². The number of non-ortho nitro benzene ring substituents is 2. The highest BCUT2D eigenvalue weighted by Crippen LogP contribution is 2.45. The predicted molar refractivity (Wildman–Crippen MR) is 136 cm³/mol. The van der Waals surface area contributed by atoms with Crippen molar-refractivity contribution in [2.45, 2.75) is 5.37 Å². The Kier molecular flexibility index (Phi) is 7.72. The number of hydrogen-bond acceptors (Lipinski definition) is 9. The molecule has 2 aromatic carbocycles. The van der Waals surface area contributed by atoms with E-state index in [0.717, 1.165) is 16.8 Å². The van der Waals surface area contributed by atoms with Gasteiger partial charge in [-0.25, -0.2) is 5.01 Å². The Morgan fingerprint density at radius 2 is 1.66 bits per heavy atom. The third-order valence-corrected chi connectivity index (χ3v) is 6.50. The average molecular weight is 535 g/mol. The molecule has 38 heavy (non-hydrogen) atoms. The molecule has 1 saturated heterocycles. The maximum atomic E-state index is 13.3. The van der Waals surface area contributed by atoms with Gasteiger partial charge in [-0.3, -0.25) is 45.0 Å². The summed E-state index contributed by atoms with van der Waals surface area (Å²) in [5.74, 6) is -1.87. The van der Waals surface area contributed by atoms with Crippen LogP contribution >= 0.6 is 11.8 Å². The molecule has 1 atom stereocenters. The molecule has 2 heterocycles. The zero-order valence-electron chi connectivity index (χ0n) is 19.3. The van der Waals surface area contributed by atoms with Crippen LogP contribution in [0.3, 0.4) is 0 Å². The normalized spacial score (nSPS) is 15.8. The van der Waals surface area contributed by atoms with Gasteiger partial charge in [0, 0.05) is 42.2 Å². The van der Waals surface area contributed by atoms with Gasteiger partial charge in [0.05, 0.1) is 21.3 Å². The van der Waals surface area contributed by atoms with E-state index in [1.54, 1.807) is 12.1 Å². The summed E-state index contributed by atoms with van der Waals surface area (Å²) in [6, 6.07) is 14.2. The summed E-state index contributed by atoms with van der Waals surface area (Å²) in [5, 5.41) is 25.0. The fourth-order valence-electron chi connectivity index (χ4n) is 3.48. The molecule has 0 spiro atoms. The molecule has 0 aliphatic carbocycles. The van der Waals surface area contributed by atoms with Crippen LogP contribution in [-0.4, -0.2) is 44.1 Å². The summed E-state index contributed by atoms with van der Waals surface area (Å²) < 4.78 is 0. The Labute approximate surface area is 218 Å². The lowest BCUT2D eigenvalue weighted by molar-refractivity contribution is -0.385. The highest BCUT2D eigenvalue weighted by atomic mass is 32.2. The molecule has 0 radical (unpaired) electrons. The number of nitro groups is 2. The third kappa shape index (κ3) is 5.99. The molecule has 14 heteroatoms. The van der Waals surface area contributed by atoms with Crippen LogP contribution in [-0.2, 0) is 9.59 Å². The fraction of sp³-hybridized carbons (Fsp3) is 0.0833. The van der Waals surface area contributed by atoms with Crippen molar-refractivity contribution in [2.75, 3.05) is 6.54 Å². The van der Waals surface area contributed by atoms with Crippen LogP contribution in [0.2, 0.25) is 0 Å². The number of nitrogens with zero attached hydrogens (tertiary/aromatic N) is 4. The first kappa shape index (κ1) is 26.0. The van der Waals surface area contributed by atoms with Gasteiger partial charge >= 0.3 is 0 Å². The second-order valence-corrected chi connectivity index (χ2v) is 8.93. The van der Waals surface area contributed by atoms with Gasteiger partial charge in [0.2, 0.25) is 0 Å². The second-order valence-electron chi connectivity index (χ2n) is 7.81. The Hall–Kier alpha value is -5.11. The molecule has 13 nitrogen and oxygen atoms in total. The number of nitrogens with one attached hydrogen (secondary N) is 2. The van der Waals surface area contributed by atoms with Crippen LogP contribution in [0.4, 0.5) is 11.4 Å². The van der Waals surface area contributed by atoms with E-state index in [1.807, 2.05) is 0 Å². The lowest BCUT2D eigenvalue weighted by atomic mass is 10.2. The van der Waals surface area contributed by atoms with Gasteiger partial charge in [-0.15, -0.1) is 0 Å². The third-order valence-electron chi connectivity index (χ3n) is 5.24. The Morgan fingerprint density at radius 3 is 2.34 bits per heavy atom. The van der Waals surface area contributed by atoms with E-state index in [4.69, 9.17) is 0 Å². The van der Waals surface area contributed by atoms with Crippen molar-refractivity contribution in [3.63, 3.8) is 0 Å². The largest absolute Gasteiger partial charge is 0.343 e. The van der Waals surface area contributed by atoms with Crippen molar-refractivity contribution >= 4 is 46.9 Å². The molecule has 192 valence electrons. The van der Waals surface area contributed by atoms with Crippen molar-refractivity contribution in [3.05, 3.63) is 115 Å². The lowest BCUT2D eigenvalue weighted by Gasteiger charge is -2.24. The summed E-state index contributed by atoms with van der Waals surface area (Å²) in [6.45, 7) is -0.457. The van der Waals surface area contributed by atoms with E-state index in [0.29, 0.717) is 11.1 Å². The summed E-state index contributed by atoms with van der Waals surface area (Å²) in [7, 11) is 0. The van der Waals surface area contributed by atoms with E-state index >= 15 is 0 Å². The zero-order chi connectivity index (χ0) is 27.2. The van der Waals surface area contributed by atoms with Gasteiger partial charge < -0.3 is 5.32 Å². The van der Waals surface area contributed by atoms with Crippen LogP contribution < -0.4 is 10.7 Å². The van der Waals surface area contributed by atoms with Crippen LogP contribution in [0, 0.1) is 20.2 Å². The first-order valence-corrected chi connectivity index (χ1v) is 11.8. The van der Waals surface area contributed by atoms with Crippen molar-refractivity contribution in [3.8, 4) is 0 Å². The minimum Gasteiger partial charge on any atom is -0.343 e. The molecule has 0 saturated carbocycles. The van der Waals surface area contributed by atoms with Crippen molar-refractivity contribution < 1.29 is 24.2 Å². The van der Waals surface area contributed by atoms with Crippen LogP contribution in [0.15, 0.2) is 78.0 Å². The Morgan fingerprint density at radius 1 is 1.00 bits per heavy atom. The lowest BCUT2D eigenvalue weighted by Crippen LogP contribution is -2.48. The Balaban J connectivity index is 1.58. The highest BCUT2D eigenvalue weighted by molar-refractivity contribution is 8.04. The molecule has 1 unspecified atom stereocenters. The number of aromatic nitrogens is 1. The molecule has 1 aliphatic rings. The van der Waals surface area contributed by atoms with Crippen LogP contribution in [0.1, 0.15) is 26.9 Å². The first-order chi connectivity index (χ1) is 18.2. The van der Waals surface area contributed by atoms with Gasteiger partial charge in [0.15, 0.2) is 0 Å². The molecule has 0 bridgehead atoms.